The number of hydrogen-bond donors (Lipinski definition) is 0. The summed E-state index contributed by atoms with van der Waals surface area (Å²) in [5.74, 6) is 2.88. The topological polar surface area (TPSA) is 68.5 Å². The first-order valence-electron chi connectivity index (χ1n) is 8.51. The normalized spacial score (nSPS) is 18.6. The van der Waals surface area contributed by atoms with Gasteiger partial charge in [-0.1, -0.05) is 0 Å². The predicted octanol–water partition coefficient (Wildman–Crippen LogP) is 2.86. The fourth-order valence-electron chi connectivity index (χ4n) is 3.19. The van der Waals surface area contributed by atoms with E-state index < -0.39 is 0 Å². The Labute approximate surface area is 140 Å². The summed E-state index contributed by atoms with van der Waals surface area (Å²) in [6, 6.07) is 7.57. The van der Waals surface area contributed by atoms with Gasteiger partial charge < -0.3 is 14.1 Å². The molecule has 0 unspecified atom stereocenters. The molecular formula is C18H21N3O3. The minimum atomic E-state index is 0.243. The van der Waals surface area contributed by atoms with Crippen LogP contribution in [0.3, 0.4) is 0 Å². The van der Waals surface area contributed by atoms with Crippen molar-refractivity contribution in [1.82, 2.24) is 15.1 Å². The van der Waals surface area contributed by atoms with Gasteiger partial charge in [0.05, 0.1) is 7.11 Å². The van der Waals surface area contributed by atoms with Gasteiger partial charge in [0, 0.05) is 30.5 Å². The summed E-state index contributed by atoms with van der Waals surface area (Å²) < 4.78 is 11.0. The second-order valence-electron chi connectivity index (χ2n) is 6.55. The number of nitrogens with zero attached hydrogens (tertiary/aromatic N) is 3. The Balaban J connectivity index is 1.40. The van der Waals surface area contributed by atoms with Gasteiger partial charge in [-0.15, -0.1) is 10.2 Å². The van der Waals surface area contributed by atoms with Gasteiger partial charge >= 0.3 is 0 Å². The molecule has 0 atom stereocenters. The number of benzene rings is 1. The van der Waals surface area contributed by atoms with Crippen molar-refractivity contribution < 1.29 is 13.9 Å². The maximum atomic E-state index is 12.1. The highest BCUT2D eigenvalue weighted by atomic mass is 16.5. The average Bonchev–Trinajstić information content (AvgIpc) is 3.38. The van der Waals surface area contributed by atoms with Crippen LogP contribution in [-0.4, -0.2) is 41.2 Å². The third-order valence-corrected chi connectivity index (χ3v) is 4.86. The van der Waals surface area contributed by atoms with Crippen molar-refractivity contribution in [3.63, 3.8) is 0 Å². The van der Waals surface area contributed by atoms with Gasteiger partial charge in [-0.3, -0.25) is 4.79 Å². The van der Waals surface area contributed by atoms with E-state index in [0.717, 1.165) is 50.1 Å². The van der Waals surface area contributed by atoms with E-state index >= 15 is 0 Å². The van der Waals surface area contributed by atoms with Gasteiger partial charge in [0.15, 0.2) is 0 Å². The van der Waals surface area contributed by atoms with E-state index in [-0.39, 0.29) is 5.92 Å². The molecule has 1 saturated carbocycles. The summed E-state index contributed by atoms with van der Waals surface area (Å²) >= 11 is 0. The first-order valence-corrected chi connectivity index (χ1v) is 8.51. The summed E-state index contributed by atoms with van der Waals surface area (Å²) in [6.07, 6.45) is 3.91. The number of ether oxygens (including phenoxy) is 1. The number of carbonyl (C=O) groups excluding carboxylic acids is 1. The number of rotatable bonds is 4. The largest absolute Gasteiger partial charge is 0.497 e. The number of amides is 1. The van der Waals surface area contributed by atoms with Crippen LogP contribution in [0.4, 0.5) is 0 Å². The quantitative estimate of drug-likeness (QED) is 0.864. The van der Waals surface area contributed by atoms with Crippen molar-refractivity contribution in [2.24, 2.45) is 5.92 Å². The zero-order valence-corrected chi connectivity index (χ0v) is 13.8. The summed E-state index contributed by atoms with van der Waals surface area (Å²) in [6.45, 7) is 1.58. The number of likely N-dealkylation sites (tertiary alicyclic amines) is 1. The first kappa shape index (κ1) is 15.2. The van der Waals surface area contributed by atoms with Crippen LogP contribution < -0.4 is 4.74 Å². The van der Waals surface area contributed by atoms with Crippen LogP contribution in [-0.2, 0) is 4.79 Å². The third-order valence-electron chi connectivity index (χ3n) is 4.86. The lowest BCUT2D eigenvalue weighted by atomic mass is 9.96. The lowest BCUT2D eigenvalue weighted by molar-refractivity contribution is -0.133. The van der Waals surface area contributed by atoms with E-state index in [1.54, 1.807) is 7.11 Å². The smallest absolute Gasteiger partial charge is 0.247 e. The van der Waals surface area contributed by atoms with Gasteiger partial charge in [0.1, 0.15) is 5.75 Å². The van der Waals surface area contributed by atoms with Gasteiger partial charge in [-0.25, -0.2) is 0 Å². The Morgan fingerprint density at radius 1 is 1.12 bits per heavy atom. The Morgan fingerprint density at radius 2 is 1.83 bits per heavy atom. The number of aromatic nitrogens is 2. The van der Waals surface area contributed by atoms with E-state index in [1.807, 2.05) is 29.2 Å². The zero-order valence-electron chi connectivity index (χ0n) is 13.8. The highest BCUT2D eigenvalue weighted by molar-refractivity contribution is 5.81. The molecule has 1 amide bonds. The molecule has 0 bridgehead atoms. The van der Waals surface area contributed by atoms with Crippen LogP contribution in [0, 0.1) is 5.92 Å². The van der Waals surface area contributed by atoms with Gasteiger partial charge in [-0.2, -0.15) is 0 Å². The van der Waals surface area contributed by atoms with Crippen LogP contribution >= 0.6 is 0 Å². The number of methoxy groups -OCH3 is 1. The monoisotopic (exact) mass is 327 g/mol. The van der Waals surface area contributed by atoms with Gasteiger partial charge in [0.2, 0.25) is 17.7 Å². The number of carbonyl (C=O) groups is 1. The van der Waals surface area contributed by atoms with Crippen molar-refractivity contribution in [3.8, 4) is 17.2 Å². The van der Waals surface area contributed by atoms with Gasteiger partial charge in [-0.05, 0) is 49.9 Å². The molecule has 2 heterocycles. The molecule has 1 aromatic carbocycles. The maximum Gasteiger partial charge on any atom is 0.247 e. The van der Waals surface area contributed by atoms with Crippen molar-refractivity contribution in [1.29, 1.82) is 0 Å². The Hall–Kier alpha value is -2.37. The van der Waals surface area contributed by atoms with Crippen molar-refractivity contribution in [3.05, 3.63) is 30.2 Å². The highest BCUT2D eigenvalue weighted by Crippen LogP contribution is 2.34. The summed E-state index contributed by atoms with van der Waals surface area (Å²) in [4.78, 5) is 14.1. The van der Waals surface area contributed by atoms with Crippen LogP contribution in [0.15, 0.2) is 28.7 Å². The average molecular weight is 327 g/mol. The van der Waals surface area contributed by atoms with E-state index in [4.69, 9.17) is 9.15 Å². The lowest BCUT2D eigenvalue weighted by Crippen LogP contribution is -2.38. The molecule has 6 heteroatoms. The molecule has 6 nitrogen and oxygen atoms in total. The minimum Gasteiger partial charge on any atom is -0.497 e. The first-order chi connectivity index (χ1) is 11.7. The number of piperidine rings is 1. The Morgan fingerprint density at radius 3 is 2.46 bits per heavy atom. The molecule has 4 rings (SSSR count). The van der Waals surface area contributed by atoms with Crippen LogP contribution in [0.25, 0.3) is 11.5 Å². The molecule has 24 heavy (non-hydrogen) atoms. The van der Waals surface area contributed by atoms with Crippen molar-refractivity contribution in [2.75, 3.05) is 20.2 Å². The highest BCUT2D eigenvalue weighted by Gasteiger charge is 2.35. The molecule has 126 valence electrons. The summed E-state index contributed by atoms with van der Waals surface area (Å²) in [5.41, 5.74) is 0.885. The molecule has 2 aromatic rings. The van der Waals surface area contributed by atoms with E-state index in [9.17, 15) is 4.79 Å². The fraction of sp³-hybridized carbons (Fsp3) is 0.500. The van der Waals surface area contributed by atoms with Crippen molar-refractivity contribution in [2.45, 2.75) is 31.6 Å². The van der Waals surface area contributed by atoms with E-state index in [1.165, 1.54) is 0 Å². The second kappa shape index (κ2) is 6.26. The minimum absolute atomic E-state index is 0.243. The molecule has 2 aliphatic rings. The fourth-order valence-corrected chi connectivity index (χ4v) is 3.19. The number of hydrogen-bond acceptors (Lipinski definition) is 5. The molecule has 0 spiro atoms. The van der Waals surface area contributed by atoms with E-state index in [0.29, 0.717) is 23.6 Å². The molecule has 2 fully saturated rings. The predicted molar refractivity (Wildman–Crippen MR) is 87.6 cm³/mol. The Bertz CT molecular complexity index is 713. The van der Waals surface area contributed by atoms with Crippen LogP contribution in [0.1, 0.15) is 37.5 Å². The standard InChI is InChI=1S/C18H21N3O3/c1-23-15-6-4-12(5-7-15)16-19-20-17(24-16)13-8-10-21(11-9-13)18(22)14-2-3-14/h4-7,13-14H,2-3,8-11H2,1H3. The van der Waals surface area contributed by atoms with Crippen LogP contribution in [0.2, 0.25) is 0 Å². The van der Waals surface area contributed by atoms with Crippen molar-refractivity contribution >= 4 is 5.91 Å². The zero-order chi connectivity index (χ0) is 16.5. The molecule has 1 aromatic heterocycles. The lowest BCUT2D eigenvalue weighted by Gasteiger charge is -2.30. The third kappa shape index (κ3) is 3.00. The molecule has 1 saturated heterocycles. The molecule has 1 aliphatic carbocycles. The second-order valence-corrected chi connectivity index (χ2v) is 6.55. The molecule has 1 aliphatic heterocycles. The SMILES string of the molecule is COc1ccc(-c2nnc(C3CCN(C(=O)C4CC4)CC3)o2)cc1. The molecule has 0 N–H and O–H groups in total. The van der Waals surface area contributed by atoms with E-state index in [2.05, 4.69) is 10.2 Å². The summed E-state index contributed by atoms with van der Waals surface area (Å²) in [7, 11) is 1.64. The Kier molecular flexibility index (Phi) is 3.96. The van der Waals surface area contributed by atoms with Gasteiger partial charge in [0.25, 0.3) is 0 Å². The summed E-state index contributed by atoms with van der Waals surface area (Å²) in [5, 5.41) is 8.40. The molecule has 0 radical (unpaired) electrons. The van der Waals surface area contributed by atoms with Crippen LogP contribution in [0.5, 0.6) is 5.75 Å². The molecular weight excluding hydrogens is 306 g/mol. The maximum absolute atomic E-state index is 12.1.